The van der Waals surface area contributed by atoms with E-state index < -0.39 is 0 Å². The van der Waals surface area contributed by atoms with Gasteiger partial charge in [0.25, 0.3) is 0 Å². The van der Waals surface area contributed by atoms with Crippen LogP contribution in [-0.2, 0) is 0 Å². The number of ether oxygens (including phenoxy) is 1. The molecule has 0 bridgehead atoms. The minimum Gasteiger partial charge on any atom is -0.483 e. The Kier molecular flexibility index (Phi) is 3.54. The lowest BCUT2D eigenvalue weighted by Crippen LogP contribution is -2.21. The van der Waals surface area contributed by atoms with Crippen LogP contribution in [0.4, 0.5) is 0 Å². The van der Waals surface area contributed by atoms with Crippen LogP contribution in [0.15, 0.2) is 36.4 Å². The van der Waals surface area contributed by atoms with Gasteiger partial charge in [-0.1, -0.05) is 35.9 Å². The highest BCUT2D eigenvalue weighted by atomic mass is 127. The van der Waals surface area contributed by atoms with Gasteiger partial charge in [0.2, 0.25) is 0 Å². The highest BCUT2D eigenvalue weighted by Crippen LogP contribution is 2.39. The number of halogens is 1. The first-order valence-electron chi connectivity index (χ1n) is 6.62. The van der Waals surface area contributed by atoms with Gasteiger partial charge < -0.3 is 4.74 Å². The molecule has 0 spiro atoms. The molecule has 0 radical (unpaired) electrons. The molecule has 0 N–H and O–H groups in total. The van der Waals surface area contributed by atoms with Gasteiger partial charge in [0.05, 0.1) is 15.6 Å². The van der Waals surface area contributed by atoms with E-state index in [0.717, 1.165) is 20.4 Å². The van der Waals surface area contributed by atoms with Gasteiger partial charge in [-0.15, -0.1) is 0 Å². The molecule has 2 aromatic carbocycles. The number of rotatable bonds is 1. The third-order valence-corrected chi connectivity index (χ3v) is 5.01. The fourth-order valence-corrected chi connectivity index (χ4v) is 3.02. The van der Waals surface area contributed by atoms with Crippen molar-refractivity contribution in [2.75, 3.05) is 0 Å². The summed E-state index contributed by atoms with van der Waals surface area (Å²) < 4.78 is 7.14. The molecule has 1 aliphatic heterocycles. The van der Waals surface area contributed by atoms with Crippen molar-refractivity contribution in [3.63, 3.8) is 0 Å². The maximum absolute atomic E-state index is 12.3. The summed E-state index contributed by atoms with van der Waals surface area (Å²) in [6.45, 7) is 4.09. The third kappa shape index (κ3) is 2.35. The van der Waals surface area contributed by atoms with Crippen LogP contribution in [0.5, 0.6) is 5.75 Å². The molecule has 0 amide bonds. The molecular weight excluding hydrogens is 363 g/mol. The largest absolute Gasteiger partial charge is 0.483 e. The lowest BCUT2D eigenvalue weighted by Gasteiger charge is -2.27. The number of hydrogen-bond acceptors (Lipinski definition) is 2. The quantitative estimate of drug-likeness (QED) is 0.678. The number of carbonyl (C=O) groups is 1. The lowest BCUT2D eigenvalue weighted by atomic mass is 9.95. The second kappa shape index (κ2) is 5.20. The molecule has 3 heteroatoms. The Bertz CT molecular complexity index is 674. The summed E-state index contributed by atoms with van der Waals surface area (Å²) in [6.07, 6.45) is 0.237. The van der Waals surface area contributed by atoms with Gasteiger partial charge in [0.1, 0.15) is 11.9 Å². The summed E-state index contributed by atoms with van der Waals surface area (Å²) in [5, 5.41) is 0. The summed E-state index contributed by atoms with van der Waals surface area (Å²) in [7, 11) is 0. The molecule has 2 aromatic rings. The van der Waals surface area contributed by atoms with Crippen molar-refractivity contribution in [3.8, 4) is 5.75 Å². The number of hydrogen-bond donors (Lipinski definition) is 0. The summed E-state index contributed by atoms with van der Waals surface area (Å²) in [4.78, 5) is 12.3. The molecule has 1 heterocycles. The van der Waals surface area contributed by atoms with E-state index in [1.807, 2.05) is 31.2 Å². The first-order chi connectivity index (χ1) is 9.56. The smallest absolute Gasteiger partial charge is 0.170 e. The number of carbonyl (C=O) groups excluding carboxylic acids is 1. The molecule has 0 saturated heterocycles. The van der Waals surface area contributed by atoms with Crippen molar-refractivity contribution in [2.24, 2.45) is 0 Å². The summed E-state index contributed by atoms with van der Waals surface area (Å²) in [5.74, 6) is 0.905. The predicted octanol–water partition coefficient (Wildman–Crippen LogP) is 4.61. The third-order valence-electron chi connectivity index (χ3n) is 3.67. The van der Waals surface area contributed by atoms with Gasteiger partial charge in [-0.25, -0.2) is 0 Å². The van der Waals surface area contributed by atoms with Gasteiger partial charge in [-0.05, 0) is 53.6 Å². The second-order valence-electron chi connectivity index (χ2n) is 5.22. The van der Waals surface area contributed by atoms with Crippen LogP contribution >= 0.6 is 22.6 Å². The molecule has 0 aromatic heterocycles. The molecule has 3 rings (SSSR count). The van der Waals surface area contributed by atoms with Gasteiger partial charge in [-0.3, -0.25) is 4.79 Å². The van der Waals surface area contributed by atoms with Crippen LogP contribution in [0.25, 0.3) is 0 Å². The van der Waals surface area contributed by atoms with E-state index in [2.05, 4.69) is 41.6 Å². The van der Waals surface area contributed by atoms with Crippen LogP contribution in [-0.4, -0.2) is 5.78 Å². The average Bonchev–Trinajstić information content (AvgIpc) is 2.44. The summed E-state index contributed by atoms with van der Waals surface area (Å²) >= 11 is 2.26. The Morgan fingerprint density at radius 1 is 1.10 bits per heavy atom. The van der Waals surface area contributed by atoms with Gasteiger partial charge >= 0.3 is 0 Å². The Labute approximate surface area is 132 Å². The van der Waals surface area contributed by atoms with Gasteiger partial charge in [0.15, 0.2) is 5.78 Å². The second-order valence-corrected chi connectivity index (χ2v) is 6.30. The van der Waals surface area contributed by atoms with Crippen molar-refractivity contribution in [2.45, 2.75) is 26.4 Å². The number of benzene rings is 2. The first-order valence-corrected chi connectivity index (χ1v) is 7.69. The van der Waals surface area contributed by atoms with E-state index in [-0.39, 0.29) is 11.9 Å². The topological polar surface area (TPSA) is 26.3 Å². The summed E-state index contributed by atoms with van der Waals surface area (Å²) in [5.41, 5.74) is 4.12. The zero-order valence-corrected chi connectivity index (χ0v) is 13.6. The van der Waals surface area contributed by atoms with Crippen LogP contribution in [0.1, 0.15) is 39.6 Å². The number of aryl methyl sites for hydroxylation is 2. The van der Waals surface area contributed by atoms with Crippen LogP contribution < -0.4 is 4.74 Å². The first kappa shape index (κ1) is 13.6. The van der Waals surface area contributed by atoms with Crippen molar-refractivity contribution in [1.29, 1.82) is 0 Å². The molecular formula is C17H15IO2. The van der Waals surface area contributed by atoms with Crippen LogP contribution in [0.2, 0.25) is 0 Å². The predicted molar refractivity (Wildman–Crippen MR) is 87.4 cm³/mol. The SMILES string of the molecule is Cc1ccc(C2CC(=O)c3ccc(C)c(I)c3O2)cc1. The van der Waals surface area contributed by atoms with E-state index in [0.29, 0.717) is 12.0 Å². The summed E-state index contributed by atoms with van der Waals surface area (Å²) in [6, 6.07) is 12.1. The number of ketones is 1. The van der Waals surface area contributed by atoms with Crippen molar-refractivity contribution < 1.29 is 9.53 Å². The van der Waals surface area contributed by atoms with E-state index in [9.17, 15) is 4.79 Å². The molecule has 1 aliphatic rings. The zero-order chi connectivity index (χ0) is 14.3. The van der Waals surface area contributed by atoms with Crippen molar-refractivity contribution in [3.05, 3.63) is 62.2 Å². The lowest BCUT2D eigenvalue weighted by molar-refractivity contribution is 0.0848. The van der Waals surface area contributed by atoms with Crippen LogP contribution in [0.3, 0.4) is 0 Å². The minimum atomic E-state index is -0.175. The molecule has 20 heavy (non-hydrogen) atoms. The molecule has 1 atom stereocenters. The van der Waals surface area contributed by atoms with E-state index in [4.69, 9.17) is 4.74 Å². The molecule has 102 valence electrons. The number of Topliss-reactive ketones (excluding diaryl/α,β-unsaturated/α-hetero) is 1. The molecule has 0 saturated carbocycles. The van der Waals surface area contributed by atoms with E-state index >= 15 is 0 Å². The Balaban J connectivity index is 2.01. The normalized spacial score (nSPS) is 17.6. The Hall–Kier alpha value is -1.36. The molecule has 0 aliphatic carbocycles. The maximum Gasteiger partial charge on any atom is 0.170 e. The maximum atomic E-state index is 12.3. The van der Waals surface area contributed by atoms with Gasteiger partial charge in [-0.2, -0.15) is 0 Å². The fourth-order valence-electron chi connectivity index (χ4n) is 2.42. The zero-order valence-electron chi connectivity index (χ0n) is 11.4. The minimum absolute atomic E-state index is 0.162. The fraction of sp³-hybridized carbons (Fsp3) is 0.235. The van der Waals surface area contributed by atoms with Crippen LogP contribution in [0, 0.1) is 17.4 Å². The number of fused-ring (bicyclic) bond motifs is 1. The van der Waals surface area contributed by atoms with Gasteiger partial charge in [0, 0.05) is 0 Å². The Morgan fingerprint density at radius 3 is 2.50 bits per heavy atom. The van der Waals surface area contributed by atoms with Crippen molar-refractivity contribution in [1.82, 2.24) is 0 Å². The standard InChI is InChI=1S/C17H15IO2/c1-10-3-6-12(7-4-10)15-9-14(19)13-8-5-11(2)16(18)17(13)20-15/h3-8,15H,9H2,1-2H3. The van der Waals surface area contributed by atoms with Crippen molar-refractivity contribution >= 4 is 28.4 Å². The highest BCUT2D eigenvalue weighted by molar-refractivity contribution is 14.1. The van der Waals surface area contributed by atoms with E-state index in [1.54, 1.807) is 0 Å². The average molecular weight is 378 g/mol. The molecule has 0 fully saturated rings. The Morgan fingerprint density at radius 2 is 1.80 bits per heavy atom. The van der Waals surface area contributed by atoms with E-state index in [1.165, 1.54) is 5.56 Å². The molecule has 1 unspecified atom stereocenters. The highest BCUT2D eigenvalue weighted by Gasteiger charge is 2.29. The molecule has 2 nitrogen and oxygen atoms in total. The monoisotopic (exact) mass is 378 g/mol.